The molecule has 18 heavy (non-hydrogen) atoms. The molecule has 0 unspecified atom stereocenters. The number of rotatable bonds is 6. The summed E-state index contributed by atoms with van der Waals surface area (Å²) in [7, 11) is 0. The van der Waals surface area contributed by atoms with E-state index in [0.717, 1.165) is 13.0 Å². The predicted molar refractivity (Wildman–Crippen MR) is 73.5 cm³/mol. The van der Waals surface area contributed by atoms with Crippen molar-refractivity contribution in [1.29, 1.82) is 0 Å². The molecule has 1 heterocycles. The van der Waals surface area contributed by atoms with Gasteiger partial charge >= 0.3 is 0 Å². The average molecular weight is 243 g/mol. The molecule has 0 aliphatic rings. The monoisotopic (exact) mass is 243 g/mol. The van der Waals surface area contributed by atoms with Crippen LogP contribution in [0.25, 0.3) is 0 Å². The Kier molecular flexibility index (Phi) is 4.51. The van der Waals surface area contributed by atoms with Gasteiger partial charge in [0.2, 0.25) is 0 Å². The van der Waals surface area contributed by atoms with Crippen molar-refractivity contribution < 1.29 is 0 Å². The lowest BCUT2D eigenvalue weighted by Crippen LogP contribution is -2.06. The molecule has 0 saturated carbocycles. The van der Waals surface area contributed by atoms with Crippen LogP contribution in [0.2, 0.25) is 0 Å². The third kappa shape index (κ3) is 3.42. The van der Waals surface area contributed by atoms with E-state index in [0.29, 0.717) is 5.92 Å². The van der Waals surface area contributed by atoms with Gasteiger partial charge < -0.3 is 0 Å². The molecule has 2 aromatic rings. The molecule has 0 amide bonds. The first kappa shape index (κ1) is 12.8. The van der Waals surface area contributed by atoms with Crippen LogP contribution in [-0.2, 0) is 6.54 Å². The minimum Gasteiger partial charge on any atom is -0.253 e. The summed E-state index contributed by atoms with van der Waals surface area (Å²) in [5.41, 5.74) is 2.77. The van der Waals surface area contributed by atoms with E-state index in [1.807, 2.05) is 4.68 Å². The molecule has 0 spiro atoms. The Labute approximate surface area is 109 Å². The van der Waals surface area contributed by atoms with E-state index in [2.05, 4.69) is 48.2 Å². The Balaban J connectivity index is 2.01. The number of hydrogen-bond acceptors (Lipinski definition) is 2. The van der Waals surface area contributed by atoms with Crippen LogP contribution in [0.1, 0.15) is 43.2 Å². The second-order valence-electron chi connectivity index (χ2n) is 4.84. The quantitative estimate of drug-likeness (QED) is 0.776. The van der Waals surface area contributed by atoms with Crippen molar-refractivity contribution in [2.75, 3.05) is 0 Å². The van der Waals surface area contributed by atoms with Crippen LogP contribution < -0.4 is 0 Å². The maximum atomic E-state index is 4.16. The fraction of sp³-hybridized carbons (Fsp3) is 0.467. The number of benzene rings is 1. The minimum atomic E-state index is 0.625. The van der Waals surface area contributed by atoms with Crippen LogP contribution in [-0.4, -0.2) is 14.8 Å². The fourth-order valence-electron chi connectivity index (χ4n) is 2.30. The molecule has 3 nitrogen and oxygen atoms in total. The molecule has 0 saturated heterocycles. The predicted octanol–water partition coefficient (Wildman–Crippen LogP) is 3.56. The standard InChI is InChI=1S/C15H21N3/c1-3-4-14(9-10-18-12-16-11-17-18)15-7-5-13(2)6-8-15/h5-8,11-12,14H,3-4,9-10H2,1-2H3/t14-/m0/s1. The molecule has 3 heteroatoms. The Morgan fingerprint density at radius 1 is 1.17 bits per heavy atom. The largest absolute Gasteiger partial charge is 0.253 e. The van der Waals surface area contributed by atoms with Gasteiger partial charge in [-0.2, -0.15) is 5.10 Å². The van der Waals surface area contributed by atoms with Crippen molar-refractivity contribution in [2.45, 2.75) is 45.6 Å². The van der Waals surface area contributed by atoms with Gasteiger partial charge in [-0.1, -0.05) is 43.2 Å². The Bertz CT molecular complexity index is 445. The third-order valence-electron chi connectivity index (χ3n) is 3.36. The summed E-state index contributed by atoms with van der Waals surface area (Å²) < 4.78 is 1.91. The first-order valence-corrected chi connectivity index (χ1v) is 6.68. The Morgan fingerprint density at radius 2 is 1.94 bits per heavy atom. The zero-order valence-corrected chi connectivity index (χ0v) is 11.2. The van der Waals surface area contributed by atoms with Gasteiger partial charge in [0.1, 0.15) is 12.7 Å². The van der Waals surface area contributed by atoms with Crippen molar-refractivity contribution in [3.8, 4) is 0 Å². The number of aryl methyl sites for hydroxylation is 2. The zero-order valence-electron chi connectivity index (χ0n) is 11.2. The maximum Gasteiger partial charge on any atom is 0.137 e. The van der Waals surface area contributed by atoms with Gasteiger partial charge in [-0.15, -0.1) is 0 Å². The Morgan fingerprint density at radius 3 is 2.56 bits per heavy atom. The molecule has 1 aromatic carbocycles. The molecule has 2 rings (SSSR count). The van der Waals surface area contributed by atoms with Crippen molar-refractivity contribution in [2.24, 2.45) is 0 Å². The molecular weight excluding hydrogens is 222 g/mol. The third-order valence-corrected chi connectivity index (χ3v) is 3.36. The van der Waals surface area contributed by atoms with Gasteiger partial charge in [0.25, 0.3) is 0 Å². The SMILES string of the molecule is CCC[C@@H](CCn1cncn1)c1ccc(C)cc1. The van der Waals surface area contributed by atoms with Crippen LogP contribution in [0.3, 0.4) is 0 Å². The van der Waals surface area contributed by atoms with Crippen molar-refractivity contribution >= 4 is 0 Å². The second-order valence-corrected chi connectivity index (χ2v) is 4.84. The number of hydrogen-bond donors (Lipinski definition) is 0. The lowest BCUT2D eigenvalue weighted by molar-refractivity contribution is 0.488. The molecule has 1 aromatic heterocycles. The highest BCUT2D eigenvalue weighted by molar-refractivity contribution is 5.24. The topological polar surface area (TPSA) is 30.7 Å². The molecule has 0 radical (unpaired) electrons. The highest BCUT2D eigenvalue weighted by Crippen LogP contribution is 2.25. The maximum absolute atomic E-state index is 4.16. The second kappa shape index (κ2) is 6.34. The van der Waals surface area contributed by atoms with E-state index in [1.54, 1.807) is 12.7 Å². The van der Waals surface area contributed by atoms with Crippen molar-refractivity contribution in [3.63, 3.8) is 0 Å². The normalized spacial score (nSPS) is 12.6. The van der Waals surface area contributed by atoms with E-state index in [9.17, 15) is 0 Å². The van der Waals surface area contributed by atoms with Crippen LogP contribution >= 0.6 is 0 Å². The van der Waals surface area contributed by atoms with Gasteiger partial charge in [0, 0.05) is 6.54 Å². The molecule has 0 N–H and O–H groups in total. The van der Waals surface area contributed by atoms with E-state index < -0.39 is 0 Å². The lowest BCUT2D eigenvalue weighted by atomic mass is 9.91. The summed E-state index contributed by atoms with van der Waals surface area (Å²) in [6, 6.07) is 8.93. The van der Waals surface area contributed by atoms with Gasteiger partial charge in [0.15, 0.2) is 0 Å². The molecule has 1 atom stereocenters. The van der Waals surface area contributed by atoms with Gasteiger partial charge in [0.05, 0.1) is 0 Å². The summed E-state index contributed by atoms with van der Waals surface area (Å²) >= 11 is 0. The molecular formula is C15H21N3. The van der Waals surface area contributed by atoms with E-state index >= 15 is 0 Å². The highest BCUT2D eigenvalue weighted by atomic mass is 15.3. The summed E-state index contributed by atoms with van der Waals surface area (Å²) in [6.07, 6.45) is 6.97. The summed E-state index contributed by atoms with van der Waals surface area (Å²) in [5.74, 6) is 0.625. The fourth-order valence-corrected chi connectivity index (χ4v) is 2.30. The van der Waals surface area contributed by atoms with Crippen molar-refractivity contribution in [1.82, 2.24) is 14.8 Å². The summed E-state index contributed by atoms with van der Waals surface area (Å²) in [4.78, 5) is 3.98. The van der Waals surface area contributed by atoms with E-state index in [1.165, 1.54) is 24.0 Å². The first-order chi connectivity index (χ1) is 8.79. The van der Waals surface area contributed by atoms with Gasteiger partial charge in [-0.25, -0.2) is 4.98 Å². The van der Waals surface area contributed by atoms with Crippen LogP contribution in [0.4, 0.5) is 0 Å². The van der Waals surface area contributed by atoms with Crippen LogP contribution in [0, 0.1) is 6.92 Å². The molecule has 0 fully saturated rings. The van der Waals surface area contributed by atoms with Crippen molar-refractivity contribution in [3.05, 3.63) is 48.0 Å². The molecule has 0 aliphatic heterocycles. The number of aromatic nitrogens is 3. The molecule has 0 aliphatic carbocycles. The van der Waals surface area contributed by atoms with Gasteiger partial charge in [-0.3, -0.25) is 4.68 Å². The van der Waals surface area contributed by atoms with E-state index in [-0.39, 0.29) is 0 Å². The van der Waals surface area contributed by atoms with Crippen LogP contribution in [0.5, 0.6) is 0 Å². The molecule has 0 bridgehead atoms. The minimum absolute atomic E-state index is 0.625. The molecule has 96 valence electrons. The highest BCUT2D eigenvalue weighted by Gasteiger charge is 2.10. The Hall–Kier alpha value is -1.64. The number of nitrogens with zero attached hydrogens (tertiary/aromatic N) is 3. The van der Waals surface area contributed by atoms with Gasteiger partial charge in [-0.05, 0) is 31.2 Å². The van der Waals surface area contributed by atoms with Crippen LogP contribution in [0.15, 0.2) is 36.9 Å². The average Bonchev–Trinajstić information content (AvgIpc) is 2.89. The zero-order chi connectivity index (χ0) is 12.8. The smallest absolute Gasteiger partial charge is 0.137 e. The first-order valence-electron chi connectivity index (χ1n) is 6.68. The summed E-state index contributed by atoms with van der Waals surface area (Å²) in [6.45, 7) is 5.32. The summed E-state index contributed by atoms with van der Waals surface area (Å²) in [5, 5.41) is 4.16. The van der Waals surface area contributed by atoms with E-state index in [4.69, 9.17) is 0 Å². The lowest BCUT2D eigenvalue weighted by Gasteiger charge is -2.16.